The van der Waals surface area contributed by atoms with Crippen LogP contribution in [0.25, 0.3) is 0 Å². The van der Waals surface area contributed by atoms with Gasteiger partial charge in [-0.05, 0) is 12.8 Å². The second kappa shape index (κ2) is 22.2. The highest BCUT2D eigenvalue weighted by atomic mass is 31.0. The number of hydrogen-bond acceptors (Lipinski definition) is 0. The maximum absolute atomic E-state index is 2.65. The van der Waals surface area contributed by atoms with Crippen LogP contribution in [-0.4, -0.2) is 0 Å². The lowest BCUT2D eigenvalue weighted by molar-refractivity contribution is 0.525. The Morgan fingerprint density at radius 1 is 0.478 bits per heavy atom. The van der Waals surface area contributed by atoms with Gasteiger partial charge in [0.25, 0.3) is 0 Å². The molecule has 0 fully saturated rings. The van der Waals surface area contributed by atoms with Crippen LogP contribution in [0.2, 0.25) is 0 Å². The molecule has 138 valence electrons. The molecule has 0 aliphatic carbocycles. The number of rotatable bonds is 19. The lowest BCUT2D eigenvalue weighted by atomic mass is 10.0. The molecular weight excluding hydrogens is 295 g/mol. The Kier molecular flexibility index (Phi) is 22.3. The van der Waals surface area contributed by atoms with Crippen LogP contribution in [0.1, 0.15) is 129 Å². The van der Waals surface area contributed by atoms with Gasteiger partial charge in [0.05, 0.1) is 0 Å². The van der Waals surface area contributed by atoms with Crippen LogP contribution >= 0.6 is 9.24 Å². The summed E-state index contributed by atoms with van der Waals surface area (Å²) >= 11 is 0. The Labute approximate surface area is 150 Å². The van der Waals surface area contributed by atoms with Gasteiger partial charge in [0, 0.05) is 0 Å². The Morgan fingerprint density at radius 3 is 1.09 bits per heavy atom. The second-order valence-corrected chi connectivity index (χ2v) is 7.61. The molecule has 0 spiro atoms. The zero-order valence-electron chi connectivity index (χ0n) is 16.2. The lowest BCUT2D eigenvalue weighted by Gasteiger charge is -2.03. The minimum atomic E-state index is 1.27. The van der Waals surface area contributed by atoms with E-state index in [9.17, 15) is 0 Å². The lowest BCUT2D eigenvalue weighted by Crippen LogP contribution is -1.84. The fraction of sp³-hybridized carbons (Fsp3) is 0.909. The summed E-state index contributed by atoms with van der Waals surface area (Å²) in [6, 6.07) is 0. The maximum atomic E-state index is 2.65. The summed E-state index contributed by atoms with van der Waals surface area (Å²) in [7, 11) is 2.65. The van der Waals surface area contributed by atoms with Gasteiger partial charge in [0.15, 0.2) is 0 Å². The van der Waals surface area contributed by atoms with Crippen molar-refractivity contribution in [2.24, 2.45) is 0 Å². The van der Waals surface area contributed by atoms with Crippen molar-refractivity contribution in [3.05, 3.63) is 11.9 Å². The van der Waals surface area contributed by atoms with Crippen LogP contribution in [0.3, 0.4) is 0 Å². The van der Waals surface area contributed by atoms with E-state index in [-0.39, 0.29) is 0 Å². The second-order valence-electron chi connectivity index (χ2n) is 7.23. The van der Waals surface area contributed by atoms with Gasteiger partial charge in [0.2, 0.25) is 0 Å². The van der Waals surface area contributed by atoms with E-state index in [1.807, 2.05) is 0 Å². The summed E-state index contributed by atoms with van der Waals surface area (Å²) in [6.45, 7) is 2.30. The fourth-order valence-electron chi connectivity index (χ4n) is 3.26. The van der Waals surface area contributed by atoms with Crippen molar-refractivity contribution in [2.45, 2.75) is 129 Å². The van der Waals surface area contributed by atoms with Crippen molar-refractivity contribution >= 4 is 9.24 Å². The summed E-state index contributed by atoms with van der Waals surface area (Å²) in [4.78, 5) is 0. The van der Waals surface area contributed by atoms with E-state index < -0.39 is 0 Å². The van der Waals surface area contributed by atoms with Gasteiger partial charge in [0.1, 0.15) is 0 Å². The monoisotopic (exact) mass is 340 g/mol. The SMILES string of the molecule is CCCCCCCCCCCCCCCCCCCC/C=C/P. The zero-order chi connectivity index (χ0) is 16.8. The molecule has 0 rings (SSSR count). The number of hydrogen-bond donors (Lipinski definition) is 0. The molecule has 0 amide bonds. The van der Waals surface area contributed by atoms with Crippen molar-refractivity contribution in [3.63, 3.8) is 0 Å². The molecule has 0 aromatic heterocycles. The first kappa shape index (κ1) is 23.2. The highest BCUT2D eigenvalue weighted by molar-refractivity contribution is 7.20. The average molecular weight is 341 g/mol. The summed E-state index contributed by atoms with van der Waals surface area (Å²) < 4.78 is 0. The third kappa shape index (κ3) is 22.2. The molecule has 0 aliphatic rings. The minimum Gasteiger partial charge on any atom is -0.114 e. The highest BCUT2D eigenvalue weighted by Crippen LogP contribution is 2.14. The largest absolute Gasteiger partial charge is 0.114 e. The van der Waals surface area contributed by atoms with Crippen LogP contribution in [0.4, 0.5) is 0 Å². The molecule has 23 heavy (non-hydrogen) atoms. The van der Waals surface area contributed by atoms with Crippen molar-refractivity contribution in [3.8, 4) is 0 Å². The quantitative estimate of drug-likeness (QED) is 0.163. The predicted octanol–water partition coefficient (Wildman–Crippen LogP) is 8.81. The standard InChI is InChI=1S/C22H45P/c1-2-3-4-5-6-7-8-9-10-11-12-13-14-15-16-17-18-19-20-21-22-23/h21-22H,2-20,23H2,1H3/b22-21+. The molecule has 0 N–H and O–H groups in total. The molecule has 0 aromatic carbocycles. The smallest absolute Gasteiger partial charge is 0.0347 e. The molecule has 0 nitrogen and oxygen atoms in total. The van der Waals surface area contributed by atoms with Gasteiger partial charge in [-0.15, -0.1) is 9.24 Å². The van der Waals surface area contributed by atoms with Gasteiger partial charge in [-0.3, -0.25) is 0 Å². The van der Waals surface area contributed by atoms with E-state index >= 15 is 0 Å². The van der Waals surface area contributed by atoms with E-state index in [2.05, 4.69) is 28.1 Å². The van der Waals surface area contributed by atoms with Crippen molar-refractivity contribution < 1.29 is 0 Å². The predicted molar refractivity (Wildman–Crippen MR) is 112 cm³/mol. The van der Waals surface area contributed by atoms with Gasteiger partial charge in [-0.25, -0.2) is 0 Å². The van der Waals surface area contributed by atoms with Gasteiger partial charge in [-0.1, -0.05) is 128 Å². The molecule has 1 atom stereocenters. The minimum absolute atomic E-state index is 1.27. The fourth-order valence-corrected chi connectivity index (χ4v) is 3.45. The zero-order valence-corrected chi connectivity index (χ0v) is 17.3. The molecule has 0 bridgehead atoms. The Hall–Kier alpha value is 0.170. The molecule has 0 heterocycles. The summed E-state index contributed by atoms with van der Waals surface area (Å²) in [5.41, 5.74) is 0. The van der Waals surface area contributed by atoms with Crippen molar-refractivity contribution in [1.82, 2.24) is 0 Å². The van der Waals surface area contributed by atoms with Crippen LogP contribution in [-0.2, 0) is 0 Å². The molecule has 1 heteroatoms. The molecule has 1 unspecified atom stereocenters. The summed E-state index contributed by atoms with van der Waals surface area (Å²) in [5, 5.41) is 0. The van der Waals surface area contributed by atoms with E-state index in [1.165, 1.54) is 122 Å². The summed E-state index contributed by atoms with van der Waals surface area (Å²) in [6.07, 6.45) is 29.8. The molecule has 0 aromatic rings. The first-order chi connectivity index (χ1) is 11.4. The molecular formula is C22H45P. The van der Waals surface area contributed by atoms with E-state index in [4.69, 9.17) is 0 Å². The molecule has 0 saturated heterocycles. The normalized spacial score (nSPS) is 11.6. The molecule has 0 radical (unpaired) electrons. The van der Waals surface area contributed by atoms with Gasteiger partial charge >= 0.3 is 0 Å². The van der Waals surface area contributed by atoms with E-state index in [0.717, 1.165) is 0 Å². The highest BCUT2D eigenvalue weighted by Gasteiger charge is 1.94. The van der Waals surface area contributed by atoms with Crippen molar-refractivity contribution in [2.75, 3.05) is 0 Å². The maximum Gasteiger partial charge on any atom is -0.0347 e. The number of unbranched alkanes of at least 4 members (excludes halogenated alkanes) is 18. The van der Waals surface area contributed by atoms with Crippen molar-refractivity contribution in [1.29, 1.82) is 0 Å². The molecule has 0 aliphatic heterocycles. The van der Waals surface area contributed by atoms with Crippen LogP contribution in [0.5, 0.6) is 0 Å². The Balaban J connectivity index is 2.95. The van der Waals surface area contributed by atoms with E-state index in [1.54, 1.807) is 0 Å². The Bertz CT molecular complexity index is 222. The van der Waals surface area contributed by atoms with Crippen LogP contribution < -0.4 is 0 Å². The first-order valence-electron chi connectivity index (χ1n) is 10.8. The van der Waals surface area contributed by atoms with Gasteiger partial charge in [-0.2, -0.15) is 0 Å². The van der Waals surface area contributed by atoms with Crippen LogP contribution in [0.15, 0.2) is 11.9 Å². The third-order valence-corrected chi connectivity index (χ3v) is 5.13. The Morgan fingerprint density at radius 2 is 0.783 bits per heavy atom. The van der Waals surface area contributed by atoms with E-state index in [0.29, 0.717) is 0 Å². The average Bonchev–Trinajstić information content (AvgIpc) is 2.57. The van der Waals surface area contributed by atoms with Gasteiger partial charge < -0.3 is 0 Å². The number of allylic oxidation sites excluding steroid dienone is 1. The summed E-state index contributed by atoms with van der Waals surface area (Å²) in [5.74, 6) is 2.09. The van der Waals surface area contributed by atoms with Crippen LogP contribution in [0, 0.1) is 0 Å². The first-order valence-corrected chi connectivity index (χ1v) is 11.4. The third-order valence-electron chi connectivity index (χ3n) is 4.86. The molecule has 0 saturated carbocycles. The topological polar surface area (TPSA) is 0 Å².